The van der Waals surface area contributed by atoms with Crippen LogP contribution in [0, 0.1) is 0 Å². The smallest absolute Gasteiger partial charge is 0.333 e. The highest BCUT2D eigenvalue weighted by Crippen LogP contribution is 1.97. The Balaban J connectivity index is 0. The number of likely N-dealkylation sites (N-methyl/N-ethyl adjacent to an activating group) is 1. The first-order valence-electron chi connectivity index (χ1n) is 5.66. The molecule has 118 valence electrons. The fourth-order valence-electron chi connectivity index (χ4n) is 1.14. The van der Waals surface area contributed by atoms with E-state index >= 15 is 0 Å². The average molecular weight is 295 g/mol. The van der Waals surface area contributed by atoms with Gasteiger partial charge in [-0.25, -0.2) is 4.79 Å². The zero-order chi connectivity index (χ0) is 16.5. The van der Waals surface area contributed by atoms with Crippen molar-refractivity contribution >= 4 is 17.9 Å². The van der Waals surface area contributed by atoms with E-state index in [1.54, 1.807) is 0 Å². The number of aliphatic hydroxyl groups excluding tert-OH is 2. The zero-order valence-electron chi connectivity index (χ0n) is 11.6. The fourth-order valence-corrected chi connectivity index (χ4v) is 1.14. The molecule has 0 aromatic heterocycles. The minimum Gasteiger partial charge on any atom is -0.550 e. The van der Waals surface area contributed by atoms with E-state index in [9.17, 15) is 19.5 Å². The molecule has 20 heavy (non-hydrogen) atoms. The lowest BCUT2D eigenvalue weighted by Gasteiger charge is -2.26. The molecule has 0 aliphatic heterocycles. The van der Waals surface area contributed by atoms with Gasteiger partial charge in [-0.1, -0.05) is 0 Å². The van der Waals surface area contributed by atoms with Gasteiger partial charge in [-0.2, -0.15) is 0 Å². The number of carbonyl (C=O) groups is 3. The van der Waals surface area contributed by atoms with E-state index in [0.717, 1.165) is 0 Å². The Kier molecular flexibility index (Phi) is 9.51. The van der Waals surface area contributed by atoms with E-state index in [-0.39, 0.29) is 6.42 Å². The summed E-state index contributed by atoms with van der Waals surface area (Å²) in [6, 6.07) is 0. The van der Waals surface area contributed by atoms with E-state index in [1.807, 2.05) is 21.1 Å². The highest BCUT2D eigenvalue weighted by atomic mass is 16.4. The number of carboxylic acid groups (broad SMARTS) is 3. The van der Waals surface area contributed by atoms with Crippen LogP contribution in [0.1, 0.15) is 12.8 Å². The summed E-state index contributed by atoms with van der Waals surface area (Å²) in [6.07, 6.45) is -3.63. The molecule has 0 rings (SSSR count). The average Bonchev–Trinajstić information content (AvgIpc) is 2.12. The molecule has 0 saturated carbocycles. The van der Waals surface area contributed by atoms with Crippen LogP contribution in [0.4, 0.5) is 0 Å². The minimum absolute atomic E-state index is 0.282. The summed E-state index contributed by atoms with van der Waals surface area (Å²) in [5.41, 5.74) is 0. The van der Waals surface area contributed by atoms with Crippen molar-refractivity contribution in [3.63, 3.8) is 0 Å². The number of nitrogens with zero attached hydrogens (tertiary/aromatic N) is 1. The van der Waals surface area contributed by atoms with Crippen molar-refractivity contribution in [3.05, 3.63) is 0 Å². The Labute approximate surface area is 116 Å². The predicted octanol–water partition coefficient (Wildman–Crippen LogP) is -2.90. The molecule has 0 aliphatic carbocycles. The number of hydrogen-bond acceptors (Lipinski definition) is 6. The summed E-state index contributed by atoms with van der Waals surface area (Å²) in [7, 11) is 5.66. The van der Waals surface area contributed by atoms with Gasteiger partial charge >= 0.3 is 11.9 Å². The lowest BCUT2D eigenvalue weighted by Crippen LogP contribution is -2.43. The SMILES string of the molecule is C[N+](C)(C)C[C@H](O)CC(=O)[O-].O=C(O)CC(O)C(=O)O. The third-order valence-corrected chi connectivity index (χ3v) is 1.81. The lowest BCUT2D eigenvalue weighted by molar-refractivity contribution is -0.873. The van der Waals surface area contributed by atoms with Crippen molar-refractivity contribution in [1.29, 1.82) is 0 Å². The van der Waals surface area contributed by atoms with Crippen molar-refractivity contribution in [2.45, 2.75) is 25.0 Å². The highest BCUT2D eigenvalue weighted by Gasteiger charge is 2.16. The summed E-state index contributed by atoms with van der Waals surface area (Å²) < 4.78 is 0.550. The van der Waals surface area contributed by atoms with Crippen molar-refractivity contribution in [2.24, 2.45) is 0 Å². The number of hydrogen-bond donors (Lipinski definition) is 4. The summed E-state index contributed by atoms with van der Waals surface area (Å²) in [6.45, 7) is 0.425. The van der Waals surface area contributed by atoms with Gasteiger partial charge in [-0.3, -0.25) is 4.79 Å². The fraction of sp³-hybridized carbons (Fsp3) is 0.727. The first kappa shape index (κ1) is 20.6. The van der Waals surface area contributed by atoms with Crippen LogP contribution in [0.2, 0.25) is 0 Å². The molecule has 2 atom stereocenters. The number of rotatable bonds is 7. The van der Waals surface area contributed by atoms with Crippen LogP contribution in [0.5, 0.6) is 0 Å². The maximum atomic E-state index is 10.0. The molecule has 0 spiro atoms. The molecule has 0 saturated heterocycles. The van der Waals surface area contributed by atoms with Crippen molar-refractivity contribution < 1.29 is 44.4 Å². The van der Waals surface area contributed by atoms with E-state index in [2.05, 4.69) is 0 Å². The highest BCUT2D eigenvalue weighted by molar-refractivity contribution is 5.79. The van der Waals surface area contributed by atoms with E-state index in [1.165, 1.54) is 0 Å². The molecular weight excluding hydrogens is 274 g/mol. The van der Waals surface area contributed by atoms with E-state index in [0.29, 0.717) is 11.0 Å². The molecule has 1 unspecified atom stereocenters. The molecule has 0 aliphatic rings. The predicted molar refractivity (Wildman–Crippen MR) is 64.4 cm³/mol. The number of carboxylic acids is 3. The number of quaternary nitrogens is 1. The van der Waals surface area contributed by atoms with Crippen LogP contribution < -0.4 is 5.11 Å². The number of carbonyl (C=O) groups excluding carboxylic acids is 1. The van der Waals surface area contributed by atoms with Gasteiger partial charge in [0.1, 0.15) is 12.6 Å². The zero-order valence-corrected chi connectivity index (χ0v) is 11.6. The van der Waals surface area contributed by atoms with Crippen LogP contribution in [0.25, 0.3) is 0 Å². The molecule has 9 nitrogen and oxygen atoms in total. The molecule has 4 N–H and O–H groups in total. The monoisotopic (exact) mass is 295 g/mol. The Hall–Kier alpha value is -1.71. The maximum Gasteiger partial charge on any atom is 0.333 e. The van der Waals surface area contributed by atoms with Gasteiger partial charge in [0, 0.05) is 12.4 Å². The Morgan fingerprint density at radius 3 is 1.70 bits per heavy atom. The topological polar surface area (TPSA) is 155 Å². The molecule has 0 aromatic rings. The lowest BCUT2D eigenvalue weighted by atomic mass is 10.2. The second-order valence-electron chi connectivity index (χ2n) is 5.15. The molecule has 0 fully saturated rings. The third-order valence-electron chi connectivity index (χ3n) is 1.81. The molecule has 0 radical (unpaired) electrons. The molecular formula is C11H21NO8. The van der Waals surface area contributed by atoms with Crippen LogP contribution in [0.15, 0.2) is 0 Å². The van der Waals surface area contributed by atoms with Crippen molar-refractivity contribution in [2.75, 3.05) is 27.7 Å². The third kappa shape index (κ3) is 16.3. The van der Waals surface area contributed by atoms with Crippen molar-refractivity contribution in [1.82, 2.24) is 0 Å². The minimum atomic E-state index is -1.79. The summed E-state index contributed by atoms with van der Waals surface area (Å²) in [5.74, 6) is -4.05. The van der Waals surface area contributed by atoms with Crippen LogP contribution in [-0.2, 0) is 14.4 Å². The number of aliphatic hydroxyl groups is 2. The van der Waals surface area contributed by atoms with Crippen molar-refractivity contribution in [3.8, 4) is 0 Å². The molecule has 0 aromatic carbocycles. The number of aliphatic carboxylic acids is 3. The van der Waals surface area contributed by atoms with Crippen LogP contribution in [-0.4, -0.2) is 82.7 Å². The first-order chi connectivity index (χ1) is 8.85. The van der Waals surface area contributed by atoms with Gasteiger partial charge in [0.05, 0.1) is 27.6 Å². The maximum absolute atomic E-state index is 10.0. The van der Waals surface area contributed by atoms with Crippen LogP contribution in [0.3, 0.4) is 0 Å². The molecule has 9 heteroatoms. The van der Waals surface area contributed by atoms with Gasteiger partial charge < -0.3 is 34.8 Å². The van der Waals surface area contributed by atoms with E-state index in [4.69, 9.17) is 20.4 Å². The Bertz CT molecular complexity index is 336. The summed E-state index contributed by atoms with van der Waals surface area (Å²) in [5, 5.41) is 43.3. The van der Waals surface area contributed by atoms with Gasteiger partial charge in [-0.15, -0.1) is 0 Å². The second-order valence-corrected chi connectivity index (χ2v) is 5.15. The van der Waals surface area contributed by atoms with Gasteiger partial charge in [0.2, 0.25) is 0 Å². The molecule has 0 bridgehead atoms. The first-order valence-corrected chi connectivity index (χ1v) is 5.66. The van der Waals surface area contributed by atoms with Crippen LogP contribution >= 0.6 is 0 Å². The summed E-state index contributed by atoms with van der Waals surface area (Å²) >= 11 is 0. The summed E-state index contributed by atoms with van der Waals surface area (Å²) in [4.78, 5) is 29.4. The van der Waals surface area contributed by atoms with Gasteiger partial charge in [0.25, 0.3) is 0 Å². The van der Waals surface area contributed by atoms with Gasteiger partial charge in [-0.05, 0) is 0 Å². The normalized spacial score (nSPS) is 13.7. The largest absolute Gasteiger partial charge is 0.550 e. The molecule has 0 amide bonds. The second kappa shape index (κ2) is 9.23. The standard InChI is InChI=1S/C7H15NO3.C4H6O5/c1-8(2,3)5-6(9)4-7(10)11;5-2(4(8)9)1-3(6)7/h6,9H,4-5H2,1-3H3;2,5H,1H2,(H,6,7)(H,8,9)/t6-;/m1./s1. The molecule has 0 heterocycles. The van der Waals surface area contributed by atoms with Gasteiger partial charge in [0.15, 0.2) is 6.10 Å². The van der Waals surface area contributed by atoms with E-state index < -0.39 is 36.5 Å². The Morgan fingerprint density at radius 2 is 1.50 bits per heavy atom. The quantitative estimate of drug-likeness (QED) is 0.364. The Morgan fingerprint density at radius 1 is 1.05 bits per heavy atom.